The summed E-state index contributed by atoms with van der Waals surface area (Å²) in [6.45, 7) is 8.84. The van der Waals surface area contributed by atoms with Crippen molar-refractivity contribution in [3.05, 3.63) is 53.5 Å². The van der Waals surface area contributed by atoms with Gasteiger partial charge in [-0.3, -0.25) is 4.79 Å². The molecule has 0 spiro atoms. The third-order valence-electron chi connectivity index (χ3n) is 3.22. The van der Waals surface area contributed by atoms with Crippen LogP contribution in [-0.4, -0.2) is 23.3 Å². The summed E-state index contributed by atoms with van der Waals surface area (Å²) in [6.07, 6.45) is -0.630. The Hall–Kier alpha value is -3.09. The molecular weight excluding hydrogens is 334 g/mol. The quantitative estimate of drug-likeness (QED) is 0.637. The van der Waals surface area contributed by atoms with Crippen LogP contribution in [0.3, 0.4) is 0 Å². The number of rotatable bonds is 4. The van der Waals surface area contributed by atoms with Gasteiger partial charge in [0.15, 0.2) is 5.76 Å². The van der Waals surface area contributed by atoms with Gasteiger partial charge in [0.25, 0.3) is 5.91 Å². The highest BCUT2D eigenvalue weighted by atomic mass is 16.6. The van der Waals surface area contributed by atoms with Crippen LogP contribution in [0.15, 0.2) is 45.9 Å². The van der Waals surface area contributed by atoms with E-state index >= 15 is 0 Å². The smallest absolute Gasteiger partial charge is 0.428 e. The second kappa shape index (κ2) is 7.86. The number of hydrogen-bond donors (Lipinski definition) is 2. The minimum absolute atomic E-state index is 0.241. The molecule has 7 heteroatoms. The molecule has 2 amide bonds. The van der Waals surface area contributed by atoms with Gasteiger partial charge >= 0.3 is 6.09 Å². The van der Waals surface area contributed by atoms with Gasteiger partial charge in [-0.25, -0.2) is 10.2 Å². The van der Waals surface area contributed by atoms with Crippen LogP contribution in [0.5, 0.6) is 0 Å². The number of hydrazone groups is 1. The van der Waals surface area contributed by atoms with Crippen LogP contribution in [0.4, 0.5) is 10.5 Å². The zero-order chi connectivity index (χ0) is 19.3. The van der Waals surface area contributed by atoms with Crippen LogP contribution in [0, 0.1) is 6.92 Å². The van der Waals surface area contributed by atoms with Gasteiger partial charge in [-0.1, -0.05) is 12.1 Å². The van der Waals surface area contributed by atoms with E-state index in [1.165, 1.54) is 0 Å². The average molecular weight is 357 g/mol. The van der Waals surface area contributed by atoms with Crippen molar-refractivity contribution < 1.29 is 18.7 Å². The predicted molar refractivity (Wildman–Crippen MR) is 99.4 cm³/mol. The molecule has 0 radical (unpaired) electrons. The molecule has 0 aliphatic heterocycles. The van der Waals surface area contributed by atoms with Crippen molar-refractivity contribution >= 4 is 23.4 Å². The van der Waals surface area contributed by atoms with E-state index in [0.29, 0.717) is 17.2 Å². The maximum absolute atomic E-state index is 12.1. The Morgan fingerprint density at radius 1 is 1.15 bits per heavy atom. The first-order chi connectivity index (χ1) is 12.1. The third-order valence-corrected chi connectivity index (χ3v) is 3.22. The fourth-order valence-electron chi connectivity index (χ4n) is 2.07. The second-order valence-electron chi connectivity index (χ2n) is 6.76. The summed E-state index contributed by atoms with van der Waals surface area (Å²) in [6, 6.07) is 10.5. The first-order valence-electron chi connectivity index (χ1n) is 8.15. The minimum atomic E-state index is -0.630. The van der Waals surface area contributed by atoms with E-state index < -0.39 is 11.7 Å². The molecule has 0 aliphatic rings. The summed E-state index contributed by atoms with van der Waals surface area (Å²) in [4.78, 5) is 23.8. The summed E-state index contributed by atoms with van der Waals surface area (Å²) in [5.41, 5.74) is 3.66. The fraction of sp³-hybridized carbons (Fsp3) is 0.316. The zero-order valence-corrected chi connectivity index (χ0v) is 15.5. The van der Waals surface area contributed by atoms with Gasteiger partial charge in [-0.05, 0) is 64.4 Å². The maximum atomic E-state index is 12.1. The normalized spacial score (nSPS) is 11.8. The number of benzene rings is 1. The van der Waals surface area contributed by atoms with E-state index in [1.807, 2.05) is 6.07 Å². The van der Waals surface area contributed by atoms with Crippen LogP contribution in [0.2, 0.25) is 0 Å². The Kier molecular flexibility index (Phi) is 5.82. The Morgan fingerprint density at radius 2 is 1.88 bits per heavy atom. The highest BCUT2D eigenvalue weighted by Crippen LogP contribution is 2.14. The number of aryl methyl sites for hydroxylation is 1. The van der Waals surface area contributed by atoms with Crippen LogP contribution < -0.4 is 10.7 Å². The number of nitrogens with one attached hydrogen (secondary N) is 2. The number of nitrogens with zero attached hydrogens (tertiary/aromatic N) is 1. The molecule has 0 fully saturated rings. The van der Waals surface area contributed by atoms with Crippen molar-refractivity contribution in [3.8, 4) is 0 Å². The van der Waals surface area contributed by atoms with Crippen molar-refractivity contribution in [2.45, 2.75) is 40.2 Å². The van der Waals surface area contributed by atoms with E-state index in [2.05, 4.69) is 15.8 Å². The molecule has 0 bridgehead atoms. The molecule has 1 heterocycles. The molecule has 0 atom stereocenters. The van der Waals surface area contributed by atoms with Gasteiger partial charge in [0, 0.05) is 5.69 Å². The third kappa shape index (κ3) is 5.77. The van der Waals surface area contributed by atoms with Gasteiger partial charge < -0.3 is 14.5 Å². The molecule has 2 N–H and O–H groups in total. The van der Waals surface area contributed by atoms with Crippen LogP contribution in [0.25, 0.3) is 0 Å². The summed E-state index contributed by atoms with van der Waals surface area (Å²) in [7, 11) is 0. The monoisotopic (exact) mass is 357 g/mol. The average Bonchev–Trinajstić information content (AvgIpc) is 2.98. The molecule has 0 saturated heterocycles. The Labute approximate surface area is 152 Å². The van der Waals surface area contributed by atoms with Crippen molar-refractivity contribution in [2.75, 3.05) is 5.32 Å². The van der Waals surface area contributed by atoms with Crippen LogP contribution in [0.1, 0.15) is 49.6 Å². The summed E-state index contributed by atoms with van der Waals surface area (Å²) >= 11 is 0. The molecule has 1 aromatic heterocycles. The molecule has 7 nitrogen and oxygen atoms in total. The molecule has 26 heavy (non-hydrogen) atoms. The molecule has 0 saturated carbocycles. The van der Waals surface area contributed by atoms with Gasteiger partial charge in [0.05, 0.1) is 5.71 Å². The van der Waals surface area contributed by atoms with E-state index in [9.17, 15) is 9.59 Å². The van der Waals surface area contributed by atoms with E-state index in [4.69, 9.17) is 9.15 Å². The van der Waals surface area contributed by atoms with Crippen molar-refractivity contribution in [1.82, 2.24) is 5.43 Å². The lowest BCUT2D eigenvalue weighted by Crippen LogP contribution is -2.30. The van der Waals surface area contributed by atoms with Crippen molar-refractivity contribution in [2.24, 2.45) is 5.10 Å². The molecular formula is C19H23N3O4. The number of anilines is 1. The topological polar surface area (TPSA) is 92.9 Å². The number of hydrogen-bond acceptors (Lipinski definition) is 5. The Balaban J connectivity index is 2.04. The van der Waals surface area contributed by atoms with Crippen molar-refractivity contribution in [3.63, 3.8) is 0 Å². The zero-order valence-electron chi connectivity index (χ0n) is 15.5. The first-order valence-corrected chi connectivity index (χ1v) is 8.15. The molecule has 1 aromatic carbocycles. The fourth-order valence-corrected chi connectivity index (χ4v) is 2.07. The Morgan fingerprint density at radius 3 is 2.50 bits per heavy atom. The highest BCUT2D eigenvalue weighted by Gasteiger charge is 2.15. The van der Waals surface area contributed by atoms with Crippen LogP contribution in [-0.2, 0) is 4.74 Å². The lowest BCUT2D eigenvalue weighted by atomic mass is 10.1. The van der Waals surface area contributed by atoms with Crippen LogP contribution >= 0.6 is 0 Å². The number of amides is 2. The number of carbonyl (C=O) groups is 2. The SMILES string of the molecule is C/C(=N\NC(=O)OC(C)(C)C)c1cccc(NC(=O)c2ccc(C)o2)c1. The predicted octanol–water partition coefficient (Wildman–Crippen LogP) is 4.09. The van der Waals surface area contributed by atoms with Gasteiger partial charge in [-0.2, -0.15) is 5.10 Å². The summed E-state index contributed by atoms with van der Waals surface area (Å²) in [5, 5.41) is 6.78. The van der Waals surface area contributed by atoms with E-state index in [1.54, 1.807) is 65.0 Å². The molecule has 2 aromatic rings. The molecule has 0 aliphatic carbocycles. The lowest BCUT2D eigenvalue weighted by molar-refractivity contribution is 0.0529. The maximum Gasteiger partial charge on any atom is 0.428 e. The number of furan rings is 1. The second-order valence-corrected chi connectivity index (χ2v) is 6.76. The van der Waals surface area contributed by atoms with Gasteiger partial charge in [0.1, 0.15) is 11.4 Å². The number of carbonyl (C=O) groups excluding carboxylic acids is 2. The molecule has 0 unspecified atom stereocenters. The highest BCUT2D eigenvalue weighted by molar-refractivity contribution is 6.04. The largest absolute Gasteiger partial charge is 0.456 e. The standard InChI is InChI=1S/C19H23N3O4/c1-12-9-10-16(25-12)17(23)20-15-8-6-7-14(11-15)13(2)21-22-18(24)26-19(3,4)5/h6-11H,1-5H3,(H,20,23)(H,22,24)/b21-13+. The lowest BCUT2D eigenvalue weighted by Gasteiger charge is -2.18. The van der Waals surface area contributed by atoms with E-state index in [0.717, 1.165) is 5.56 Å². The molecule has 2 rings (SSSR count). The molecule has 138 valence electrons. The minimum Gasteiger partial charge on any atom is -0.456 e. The van der Waals surface area contributed by atoms with E-state index in [-0.39, 0.29) is 11.7 Å². The Bertz CT molecular complexity index is 831. The van der Waals surface area contributed by atoms with Gasteiger partial charge in [-0.15, -0.1) is 0 Å². The van der Waals surface area contributed by atoms with Crippen molar-refractivity contribution in [1.29, 1.82) is 0 Å². The number of ether oxygens (including phenoxy) is 1. The summed E-state index contributed by atoms with van der Waals surface area (Å²) < 4.78 is 10.4. The summed E-state index contributed by atoms with van der Waals surface area (Å²) in [5.74, 6) is 0.571. The first kappa shape index (κ1) is 19.2. The van der Waals surface area contributed by atoms with Gasteiger partial charge in [0.2, 0.25) is 0 Å².